The first kappa shape index (κ1) is 11.7. The van der Waals surface area contributed by atoms with Crippen molar-refractivity contribution in [2.24, 2.45) is 0 Å². The van der Waals surface area contributed by atoms with Crippen molar-refractivity contribution in [2.45, 2.75) is 6.92 Å². The zero-order chi connectivity index (χ0) is 13.2. The normalized spacial score (nSPS) is 10.6. The predicted octanol–water partition coefficient (Wildman–Crippen LogP) is 3.61. The van der Waals surface area contributed by atoms with E-state index in [1.165, 1.54) is 0 Å². The summed E-state index contributed by atoms with van der Waals surface area (Å²) < 4.78 is 5.21. The molecule has 0 spiro atoms. The monoisotopic (exact) mass is 250 g/mol. The lowest BCUT2D eigenvalue weighted by Crippen LogP contribution is -1.89. The summed E-state index contributed by atoms with van der Waals surface area (Å²) in [7, 11) is 1.67. The van der Waals surface area contributed by atoms with Crippen molar-refractivity contribution in [2.75, 3.05) is 7.11 Å². The Morgan fingerprint density at radius 1 is 0.947 bits per heavy atom. The molecule has 3 rings (SSSR count). The number of nitrogens with zero attached hydrogens (tertiary/aromatic N) is 2. The quantitative estimate of drug-likeness (QED) is 0.696. The fraction of sp³-hybridized carbons (Fsp3) is 0.125. The van der Waals surface area contributed by atoms with Crippen LogP contribution in [0.25, 0.3) is 22.3 Å². The lowest BCUT2D eigenvalue weighted by Gasteiger charge is -2.05. The highest BCUT2D eigenvalue weighted by Gasteiger charge is 2.03. The lowest BCUT2D eigenvalue weighted by atomic mass is 10.1. The predicted molar refractivity (Wildman–Crippen MR) is 76.3 cm³/mol. The van der Waals surface area contributed by atoms with E-state index in [9.17, 15) is 0 Å². The number of pyridine rings is 2. The van der Waals surface area contributed by atoms with Crippen molar-refractivity contribution in [1.82, 2.24) is 9.97 Å². The highest BCUT2D eigenvalue weighted by atomic mass is 16.5. The minimum absolute atomic E-state index is 0.843. The van der Waals surface area contributed by atoms with Gasteiger partial charge in [-0.15, -0.1) is 0 Å². The number of methoxy groups -OCH3 is 1. The van der Waals surface area contributed by atoms with Gasteiger partial charge in [0.25, 0.3) is 0 Å². The second kappa shape index (κ2) is 4.69. The van der Waals surface area contributed by atoms with Gasteiger partial charge < -0.3 is 4.74 Å². The molecule has 0 fully saturated rings. The highest BCUT2D eigenvalue weighted by molar-refractivity contribution is 5.82. The van der Waals surface area contributed by atoms with E-state index in [-0.39, 0.29) is 0 Å². The molecule has 0 amide bonds. The van der Waals surface area contributed by atoms with Gasteiger partial charge in [0.2, 0.25) is 0 Å². The van der Waals surface area contributed by atoms with E-state index >= 15 is 0 Å². The largest absolute Gasteiger partial charge is 0.497 e. The fourth-order valence-corrected chi connectivity index (χ4v) is 1.99. The highest BCUT2D eigenvalue weighted by Crippen LogP contribution is 2.23. The van der Waals surface area contributed by atoms with Crippen LogP contribution in [-0.4, -0.2) is 17.1 Å². The topological polar surface area (TPSA) is 35.0 Å². The van der Waals surface area contributed by atoms with Crippen LogP contribution in [0, 0.1) is 6.92 Å². The SMILES string of the molecule is COc1ccc2nc(-c3ccc(C)cn3)ccc2c1. The van der Waals surface area contributed by atoms with E-state index in [1.54, 1.807) is 7.11 Å². The smallest absolute Gasteiger partial charge is 0.119 e. The van der Waals surface area contributed by atoms with Crippen LogP contribution >= 0.6 is 0 Å². The Hall–Kier alpha value is -2.42. The third kappa shape index (κ3) is 2.27. The summed E-state index contributed by atoms with van der Waals surface area (Å²) in [6.45, 7) is 2.02. The van der Waals surface area contributed by atoms with Crippen molar-refractivity contribution < 1.29 is 4.74 Å². The molecule has 3 aromatic rings. The zero-order valence-electron chi connectivity index (χ0n) is 10.9. The van der Waals surface area contributed by atoms with E-state index in [1.807, 2.05) is 55.6 Å². The van der Waals surface area contributed by atoms with Gasteiger partial charge in [0.05, 0.1) is 24.0 Å². The third-order valence-corrected chi connectivity index (χ3v) is 3.07. The molecule has 3 nitrogen and oxygen atoms in total. The van der Waals surface area contributed by atoms with E-state index in [0.717, 1.165) is 33.6 Å². The molecule has 0 aliphatic heterocycles. The Kier molecular flexibility index (Phi) is 2.88. The second-order valence-electron chi connectivity index (χ2n) is 4.48. The van der Waals surface area contributed by atoms with E-state index < -0.39 is 0 Å². The molecule has 94 valence electrons. The molecule has 0 unspecified atom stereocenters. The first-order valence-electron chi connectivity index (χ1n) is 6.14. The number of ether oxygens (including phenoxy) is 1. The number of hydrogen-bond acceptors (Lipinski definition) is 3. The Morgan fingerprint density at radius 2 is 1.79 bits per heavy atom. The number of aromatic nitrogens is 2. The van der Waals surface area contributed by atoms with Gasteiger partial charge in [-0.1, -0.05) is 12.1 Å². The summed E-state index contributed by atoms with van der Waals surface area (Å²) in [5.41, 5.74) is 3.87. The number of benzene rings is 1. The van der Waals surface area contributed by atoms with Gasteiger partial charge in [0.15, 0.2) is 0 Å². The van der Waals surface area contributed by atoms with Gasteiger partial charge >= 0.3 is 0 Å². The number of rotatable bonds is 2. The van der Waals surface area contributed by atoms with Crippen LogP contribution < -0.4 is 4.74 Å². The molecule has 0 N–H and O–H groups in total. The molecular formula is C16H14N2O. The number of hydrogen-bond donors (Lipinski definition) is 0. The first-order valence-corrected chi connectivity index (χ1v) is 6.14. The van der Waals surface area contributed by atoms with Gasteiger partial charge in [-0.25, -0.2) is 4.98 Å². The minimum Gasteiger partial charge on any atom is -0.497 e. The average molecular weight is 250 g/mol. The molecule has 0 saturated heterocycles. The fourth-order valence-electron chi connectivity index (χ4n) is 1.99. The Morgan fingerprint density at radius 3 is 2.53 bits per heavy atom. The molecule has 0 saturated carbocycles. The Labute approximate surface area is 111 Å². The molecule has 2 aromatic heterocycles. The maximum absolute atomic E-state index is 5.21. The van der Waals surface area contributed by atoms with Crippen LogP contribution in [0.3, 0.4) is 0 Å². The van der Waals surface area contributed by atoms with Crippen LogP contribution in [0.4, 0.5) is 0 Å². The minimum atomic E-state index is 0.843. The summed E-state index contributed by atoms with van der Waals surface area (Å²) in [5.74, 6) is 0.843. The molecule has 19 heavy (non-hydrogen) atoms. The van der Waals surface area contributed by atoms with Crippen molar-refractivity contribution >= 4 is 10.9 Å². The van der Waals surface area contributed by atoms with E-state index in [4.69, 9.17) is 4.74 Å². The van der Waals surface area contributed by atoms with Crippen molar-refractivity contribution in [1.29, 1.82) is 0 Å². The summed E-state index contributed by atoms with van der Waals surface area (Å²) in [5, 5.41) is 1.07. The molecule has 3 heteroatoms. The van der Waals surface area contributed by atoms with Gasteiger partial charge in [0, 0.05) is 11.6 Å². The lowest BCUT2D eigenvalue weighted by molar-refractivity contribution is 0.415. The summed E-state index contributed by atoms with van der Waals surface area (Å²) in [6.07, 6.45) is 1.86. The Bertz CT molecular complexity index is 720. The zero-order valence-corrected chi connectivity index (χ0v) is 10.9. The summed E-state index contributed by atoms with van der Waals surface area (Å²) in [4.78, 5) is 9.03. The van der Waals surface area contributed by atoms with E-state index in [0.29, 0.717) is 0 Å². The molecule has 0 atom stereocenters. The van der Waals surface area contributed by atoms with Gasteiger partial charge in [-0.05, 0) is 42.8 Å². The Balaban J connectivity index is 2.08. The maximum atomic E-state index is 5.21. The molecule has 0 aliphatic carbocycles. The number of fused-ring (bicyclic) bond motifs is 1. The van der Waals surface area contributed by atoms with Gasteiger partial charge in [-0.3, -0.25) is 4.98 Å². The van der Waals surface area contributed by atoms with Gasteiger partial charge in [0.1, 0.15) is 5.75 Å². The molecule has 0 bridgehead atoms. The van der Waals surface area contributed by atoms with Crippen molar-refractivity contribution in [3.05, 3.63) is 54.2 Å². The summed E-state index contributed by atoms with van der Waals surface area (Å²) >= 11 is 0. The van der Waals surface area contributed by atoms with Crippen molar-refractivity contribution in [3.63, 3.8) is 0 Å². The van der Waals surface area contributed by atoms with Gasteiger partial charge in [-0.2, -0.15) is 0 Å². The van der Waals surface area contributed by atoms with Crippen LogP contribution in [0.15, 0.2) is 48.7 Å². The summed E-state index contributed by atoms with van der Waals surface area (Å²) in [6, 6.07) is 13.9. The molecule has 0 radical (unpaired) electrons. The first-order chi connectivity index (χ1) is 9.26. The van der Waals surface area contributed by atoms with Crippen LogP contribution in [-0.2, 0) is 0 Å². The second-order valence-corrected chi connectivity index (χ2v) is 4.48. The molecule has 2 heterocycles. The van der Waals surface area contributed by atoms with Crippen LogP contribution in [0.5, 0.6) is 5.75 Å². The molecule has 0 aliphatic rings. The van der Waals surface area contributed by atoms with Crippen molar-refractivity contribution in [3.8, 4) is 17.1 Å². The standard InChI is InChI=1S/C16H14N2O/c1-11-3-6-15(17-10-11)16-7-4-12-9-13(19-2)5-8-14(12)18-16/h3-10H,1-2H3. The molecular weight excluding hydrogens is 236 g/mol. The van der Waals surface area contributed by atoms with E-state index in [2.05, 4.69) is 9.97 Å². The third-order valence-electron chi connectivity index (χ3n) is 3.07. The average Bonchev–Trinajstić information content (AvgIpc) is 2.47. The van der Waals surface area contributed by atoms with Crippen LogP contribution in [0.1, 0.15) is 5.56 Å². The number of aryl methyl sites for hydroxylation is 1. The molecule has 1 aromatic carbocycles. The van der Waals surface area contributed by atoms with Crippen LogP contribution in [0.2, 0.25) is 0 Å². The maximum Gasteiger partial charge on any atom is 0.119 e.